The second-order valence-electron chi connectivity index (χ2n) is 4.87. The van der Waals surface area contributed by atoms with Crippen molar-refractivity contribution in [3.8, 4) is 5.75 Å². The molecule has 0 aliphatic heterocycles. The van der Waals surface area contributed by atoms with Gasteiger partial charge in [-0.3, -0.25) is 10.1 Å². The predicted octanol–water partition coefficient (Wildman–Crippen LogP) is 4.01. The van der Waals surface area contributed by atoms with Gasteiger partial charge in [0.2, 0.25) is 5.90 Å². The maximum absolute atomic E-state index is 12.4. The molecule has 2 aromatic carbocycles. The highest BCUT2D eigenvalue weighted by atomic mass is 35.5. The van der Waals surface area contributed by atoms with Crippen LogP contribution in [0.15, 0.2) is 46.9 Å². The monoisotopic (exact) mass is 452 g/mol. The van der Waals surface area contributed by atoms with E-state index in [1.807, 2.05) is 0 Å². The van der Waals surface area contributed by atoms with Gasteiger partial charge in [0.25, 0.3) is 0 Å². The van der Waals surface area contributed by atoms with Crippen LogP contribution in [0.3, 0.4) is 0 Å². The molecule has 0 amide bonds. The van der Waals surface area contributed by atoms with Crippen molar-refractivity contribution in [2.75, 3.05) is 7.11 Å². The normalized spacial score (nSPS) is 13.1. The van der Waals surface area contributed by atoms with Crippen molar-refractivity contribution in [3.63, 3.8) is 0 Å². The second kappa shape index (κ2) is 8.75. The largest absolute Gasteiger partial charge is 0.480 e. The molecule has 0 aromatic heterocycles. The fraction of sp³-hybridized carbons (Fsp3) is 0.133. The van der Waals surface area contributed by atoms with Gasteiger partial charge in [-0.2, -0.15) is 8.42 Å². The van der Waals surface area contributed by atoms with Crippen LogP contribution in [0.4, 0.5) is 0 Å². The average Bonchev–Trinajstić information content (AvgIpc) is 2.64. The van der Waals surface area contributed by atoms with Gasteiger partial charge in [0.15, 0.2) is 0 Å². The quantitative estimate of drug-likeness (QED) is 0.163. The maximum Gasteiger partial charge on any atom is 0.476 e. The summed E-state index contributed by atoms with van der Waals surface area (Å²) >= 11 is 17.5. The Morgan fingerprint density at radius 2 is 1.74 bits per heavy atom. The molecule has 1 atom stereocenters. The van der Waals surface area contributed by atoms with Gasteiger partial charge in [-0.15, -0.1) is 4.40 Å². The molecule has 0 aliphatic rings. The van der Waals surface area contributed by atoms with Gasteiger partial charge in [-0.1, -0.05) is 53.0 Å². The lowest BCUT2D eigenvalue weighted by Gasteiger charge is -2.13. The molecule has 27 heavy (non-hydrogen) atoms. The Kier molecular flexibility index (Phi) is 6.88. The summed E-state index contributed by atoms with van der Waals surface area (Å²) in [4.78, 5) is 10.1. The smallest absolute Gasteiger partial charge is 0.476 e. The summed E-state index contributed by atoms with van der Waals surface area (Å²) in [5.41, 5.74) is -2.28. The molecule has 2 aromatic rings. The van der Waals surface area contributed by atoms with Crippen LogP contribution in [0, 0.1) is 10.1 Å². The van der Waals surface area contributed by atoms with Crippen LogP contribution in [0.5, 0.6) is 5.75 Å². The molecule has 0 spiro atoms. The molecule has 0 fully saturated rings. The minimum Gasteiger partial charge on any atom is -0.480 e. The molecule has 0 heterocycles. The van der Waals surface area contributed by atoms with E-state index in [0.717, 1.165) is 6.07 Å². The van der Waals surface area contributed by atoms with E-state index < -0.39 is 20.5 Å². The molecule has 144 valence electrons. The van der Waals surface area contributed by atoms with Crippen LogP contribution >= 0.6 is 34.8 Å². The van der Waals surface area contributed by atoms with E-state index in [2.05, 4.69) is 4.40 Å². The van der Waals surface area contributed by atoms with Crippen molar-refractivity contribution in [1.29, 1.82) is 0 Å². The van der Waals surface area contributed by atoms with Gasteiger partial charge < -0.3 is 9.47 Å². The fourth-order valence-electron chi connectivity index (χ4n) is 1.87. The zero-order valence-corrected chi connectivity index (χ0v) is 16.6. The van der Waals surface area contributed by atoms with Crippen molar-refractivity contribution in [2.24, 2.45) is 4.40 Å². The molecule has 0 bridgehead atoms. The molecule has 0 saturated carbocycles. The van der Waals surface area contributed by atoms with Crippen molar-refractivity contribution in [1.82, 2.24) is 0 Å². The summed E-state index contributed by atoms with van der Waals surface area (Å²) < 4.78 is 38.2. The highest BCUT2D eigenvalue weighted by Gasteiger charge is 2.40. The van der Waals surface area contributed by atoms with Gasteiger partial charge in [0, 0.05) is 5.56 Å². The number of rotatable bonds is 6. The molecule has 0 aliphatic carbocycles. The van der Waals surface area contributed by atoms with E-state index in [-0.39, 0.29) is 26.7 Å². The summed E-state index contributed by atoms with van der Waals surface area (Å²) in [6.07, 6.45) is 0. The lowest BCUT2D eigenvalue weighted by atomic mass is 10.2. The number of ether oxygens (including phenoxy) is 2. The number of halogens is 3. The Morgan fingerprint density at radius 3 is 2.30 bits per heavy atom. The highest BCUT2D eigenvalue weighted by molar-refractivity contribution is 7.90. The minimum absolute atomic E-state index is 0.0679. The molecule has 0 saturated heterocycles. The van der Waals surface area contributed by atoms with Gasteiger partial charge in [-0.05, 0) is 24.3 Å². The van der Waals surface area contributed by atoms with E-state index in [1.165, 1.54) is 25.3 Å². The van der Waals surface area contributed by atoms with E-state index in [1.54, 1.807) is 18.2 Å². The Morgan fingerprint density at radius 1 is 1.11 bits per heavy atom. The molecule has 2 rings (SSSR count). The van der Waals surface area contributed by atoms with Crippen LogP contribution in [0.1, 0.15) is 5.56 Å². The van der Waals surface area contributed by atoms with Crippen LogP contribution in [-0.4, -0.2) is 31.9 Å². The number of nitro groups is 1. The number of hydrogen-bond acceptors (Lipinski definition) is 6. The van der Waals surface area contributed by atoms with Crippen LogP contribution < -0.4 is 4.74 Å². The Bertz CT molecular complexity index is 983. The van der Waals surface area contributed by atoms with Crippen LogP contribution in [0.25, 0.3) is 0 Å². The van der Waals surface area contributed by atoms with Crippen LogP contribution in [-0.2, 0) is 14.8 Å². The average molecular weight is 454 g/mol. The molecular formula is C15H11Cl3N2O6S. The first-order valence-corrected chi connectivity index (χ1v) is 9.68. The first-order chi connectivity index (χ1) is 12.7. The summed E-state index contributed by atoms with van der Waals surface area (Å²) in [7, 11) is -3.63. The SMILES string of the molecule is CO/C(=N\S(=O)(=O)C(Oc1ccc(Cl)c(Cl)c1Cl)[N+](=O)[O-])c1ccccc1. The number of sulfonamides is 1. The van der Waals surface area contributed by atoms with E-state index in [9.17, 15) is 18.5 Å². The van der Waals surface area contributed by atoms with Crippen molar-refractivity contribution in [2.45, 2.75) is 5.56 Å². The van der Waals surface area contributed by atoms with Crippen molar-refractivity contribution < 1.29 is 22.8 Å². The third-order valence-corrected chi connectivity index (χ3v) is 5.55. The Labute approximate surface area is 169 Å². The summed E-state index contributed by atoms with van der Waals surface area (Å²) in [5.74, 6) is -0.684. The van der Waals surface area contributed by atoms with Gasteiger partial charge >= 0.3 is 15.6 Å². The van der Waals surface area contributed by atoms with Crippen LogP contribution in [0.2, 0.25) is 15.1 Å². The topological polar surface area (TPSA) is 108 Å². The summed E-state index contributed by atoms with van der Waals surface area (Å²) in [5, 5.41) is 11.0. The highest BCUT2D eigenvalue weighted by Crippen LogP contribution is 2.37. The van der Waals surface area contributed by atoms with Gasteiger partial charge in [-0.25, -0.2) is 0 Å². The number of benzene rings is 2. The lowest BCUT2D eigenvalue weighted by molar-refractivity contribution is -0.534. The zero-order chi connectivity index (χ0) is 20.2. The minimum atomic E-state index is -4.81. The third kappa shape index (κ3) is 5.01. The number of nitrogens with zero attached hydrogens (tertiary/aromatic N) is 2. The summed E-state index contributed by atoms with van der Waals surface area (Å²) in [6, 6.07) is 10.4. The van der Waals surface area contributed by atoms with Gasteiger partial charge in [0.1, 0.15) is 10.8 Å². The standard InChI is InChI=1S/C15H11Cl3N2O6S/c1-25-14(9-5-3-2-4-6-9)19-27(23,24)15(20(21)22)26-11-8-7-10(16)12(17)13(11)18/h2-8,15H,1H3/b19-14-. The first kappa shape index (κ1) is 21.2. The van der Waals surface area contributed by atoms with E-state index in [4.69, 9.17) is 44.3 Å². The summed E-state index contributed by atoms with van der Waals surface area (Å²) in [6.45, 7) is 0. The fourth-order valence-corrected chi connectivity index (χ4v) is 3.38. The lowest BCUT2D eigenvalue weighted by Crippen LogP contribution is -2.35. The number of hydrogen-bond donors (Lipinski definition) is 0. The molecular weight excluding hydrogens is 443 g/mol. The first-order valence-electron chi connectivity index (χ1n) is 7.04. The second-order valence-corrected chi connectivity index (χ2v) is 7.64. The molecule has 0 N–H and O–H groups in total. The predicted molar refractivity (Wildman–Crippen MR) is 102 cm³/mol. The van der Waals surface area contributed by atoms with Gasteiger partial charge in [0.05, 0.1) is 22.1 Å². The molecule has 8 nitrogen and oxygen atoms in total. The molecule has 0 radical (unpaired) electrons. The van der Waals surface area contributed by atoms with E-state index >= 15 is 0 Å². The Balaban J connectivity index is 2.45. The maximum atomic E-state index is 12.4. The van der Waals surface area contributed by atoms with Crippen molar-refractivity contribution in [3.05, 3.63) is 73.2 Å². The van der Waals surface area contributed by atoms with E-state index in [0.29, 0.717) is 5.56 Å². The molecule has 1 unspecified atom stereocenters. The zero-order valence-electron chi connectivity index (χ0n) is 13.5. The Hall–Kier alpha value is -2.07. The van der Waals surface area contributed by atoms with Crippen molar-refractivity contribution >= 4 is 50.7 Å². The number of methoxy groups -OCH3 is 1. The third-order valence-electron chi connectivity index (χ3n) is 3.08. The molecule has 12 heteroatoms.